The van der Waals surface area contributed by atoms with Crippen LogP contribution in [-0.4, -0.2) is 39.4 Å². The number of aromatic nitrogens is 2. The fourth-order valence-corrected chi connectivity index (χ4v) is 6.57. The van der Waals surface area contributed by atoms with Crippen molar-refractivity contribution < 1.29 is 14.0 Å². The first kappa shape index (κ1) is 22.8. The van der Waals surface area contributed by atoms with Crippen LogP contribution in [0.5, 0.6) is 0 Å². The Morgan fingerprint density at radius 3 is 2.89 bits per heavy atom. The van der Waals surface area contributed by atoms with E-state index >= 15 is 0 Å². The molecule has 2 fully saturated rings. The van der Waals surface area contributed by atoms with Crippen LogP contribution in [0.3, 0.4) is 0 Å². The van der Waals surface area contributed by atoms with E-state index < -0.39 is 0 Å². The zero-order valence-electron chi connectivity index (χ0n) is 20.2. The second kappa shape index (κ2) is 8.78. The molecule has 2 aliphatic rings. The number of imidazole rings is 1. The van der Waals surface area contributed by atoms with E-state index in [4.69, 9.17) is 9.40 Å². The Kier molecular flexibility index (Phi) is 5.56. The molecular formula is C28H28N4O3S. The predicted octanol–water partition coefficient (Wildman–Crippen LogP) is 5.91. The summed E-state index contributed by atoms with van der Waals surface area (Å²) in [5, 5.41) is 3.09. The first-order valence-corrected chi connectivity index (χ1v) is 13.2. The molecular weight excluding hydrogens is 472 g/mol. The molecule has 1 aromatic carbocycles. The molecule has 1 aliphatic heterocycles. The van der Waals surface area contributed by atoms with Crippen LogP contribution in [0.4, 0.5) is 5.95 Å². The van der Waals surface area contributed by atoms with E-state index in [2.05, 4.69) is 41.6 Å². The number of aryl methyl sites for hydroxylation is 1. The maximum Gasteiger partial charge on any atom is 0.268 e. The smallest absolute Gasteiger partial charge is 0.268 e. The number of carbonyl (C=O) groups is 2. The van der Waals surface area contributed by atoms with E-state index in [0.29, 0.717) is 10.8 Å². The number of amides is 2. The summed E-state index contributed by atoms with van der Waals surface area (Å²) in [6.07, 6.45) is 6.87. The van der Waals surface area contributed by atoms with Gasteiger partial charge in [-0.1, -0.05) is 19.6 Å². The van der Waals surface area contributed by atoms with E-state index in [1.165, 1.54) is 23.0 Å². The number of fused-ring (bicyclic) bond motifs is 1. The van der Waals surface area contributed by atoms with Crippen LogP contribution in [0.15, 0.2) is 65.8 Å². The highest BCUT2D eigenvalue weighted by molar-refractivity contribution is 7.17. The molecule has 1 N–H and O–H groups in total. The van der Waals surface area contributed by atoms with Crippen molar-refractivity contribution in [2.75, 3.05) is 18.4 Å². The van der Waals surface area contributed by atoms with Crippen LogP contribution < -0.4 is 5.32 Å². The number of likely N-dealkylation sites (tertiary alicyclic amines) is 1. The minimum atomic E-state index is -0.178. The normalized spacial score (nSPS) is 21.1. The Balaban J connectivity index is 1.28. The largest absolute Gasteiger partial charge is 0.464 e. The van der Waals surface area contributed by atoms with Gasteiger partial charge in [0.05, 0.1) is 27.1 Å². The lowest BCUT2D eigenvalue weighted by atomic mass is 9.64. The fourth-order valence-electron chi connectivity index (χ4n) is 5.70. The van der Waals surface area contributed by atoms with Gasteiger partial charge in [-0.2, -0.15) is 0 Å². The van der Waals surface area contributed by atoms with Gasteiger partial charge in [0, 0.05) is 19.1 Å². The van der Waals surface area contributed by atoms with Crippen LogP contribution in [0, 0.1) is 5.41 Å². The number of benzene rings is 1. The summed E-state index contributed by atoms with van der Waals surface area (Å²) in [5.74, 6) is 1.16. The third kappa shape index (κ3) is 3.86. The molecule has 36 heavy (non-hydrogen) atoms. The standard InChI is InChI=1S/C28H28N4O3S/c1-3-18-7-8-21-20(14-18)29-27(30-26(34)24-10-9-23(36-24)22-6-5-13-35-22)32(21)19-15-28(16-19)11-12-31(17-28)25(33)4-2/h4-10,13-14,19H,2-3,11-12,15-17H2,1H3,(H,29,30,34). The van der Waals surface area contributed by atoms with Crippen molar-refractivity contribution in [2.24, 2.45) is 5.41 Å². The molecule has 0 unspecified atom stereocenters. The number of hydrogen-bond donors (Lipinski definition) is 1. The molecule has 0 atom stereocenters. The van der Waals surface area contributed by atoms with Crippen LogP contribution in [0.1, 0.15) is 47.5 Å². The lowest BCUT2D eigenvalue weighted by molar-refractivity contribution is -0.125. The molecule has 7 nitrogen and oxygen atoms in total. The molecule has 4 heterocycles. The van der Waals surface area contributed by atoms with Gasteiger partial charge in [0.1, 0.15) is 5.76 Å². The Labute approximate surface area is 213 Å². The third-order valence-corrected chi connectivity index (χ3v) is 8.71. The highest BCUT2D eigenvalue weighted by Gasteiger charge is 2.50. The number of anilines is 1. The quantitative estimate of drug-likeness (QED) is 0.334. The summed E-state index contributed by atoms with van der Waals surface area (Å²) in [6.45, 7) is 7.31. The Hall–Kier alpha value is -3.65. The second-order valence-corrected chi connectivity index (χ2v) is 10.9. The van der Waals surface area contributed by atoms with E-state index in [1.807, 2.05) is 29.2 Å². The Morgan fingerprint density at radius 2 is 2.14 bits per heavy atom. The van der Waals surface area contributed by atoms with E-state index in [1.54, 1.807) is 6.26 Å². The first-order valence-electron chi connectivity index (χ1n) is 12.4. The van der Waals surface area contributed by atoms with Crippen molar-refractivity contribution >= 4 is 40.1 Å². The van der Waals surface area contributed by atoms with Gasteiger partial charge in [0.25, 0.3) is 5.91 Å². The van der Waals surface area contributed by atoms with Gasteiger partial charge >= 0.3 is 0 Å². The summed E-state index contributed by atoms with van der Waals surface area (Å²) in [5.41, 5.74) is 3.27. The summed E-state index contributed by atoms with van der Waals surface area (Å²) >= 11 is 1.40. The molecule has 3 aromatic heterocycles. The number of carbonyl (C=O) groups excluding carboxylic acids is 2. The van der Waals surface area contributed by atoms with Crippen LogP contribution >= 0.6 is 11.3 Å². The van der Waals surface area contributed by atoms with E-state index in [-0.39, 0.29) is 23.3 Å². The van der Waals surface area contributed by atoms with Crippen LogP contribution in [0.2, 0.25) is 0 Å². The minimum Gasteiger partial charge on any atom is -0.464 e. The van der Waals surface area contributed by atoms with Crippen LogP contribution in [0.25, 0.3) is 21.7 Å². The summed E-state index contributed by atoms with van der Waals surface area (Å²) in [6, 6.07) is 14.0. The molecule has 1 saturated carbocycles. The molecule has 184 valence electrons. The molecule has 1 saturated heterocycles. The molecule has 8 heteroatoms. The summed E-state index contributed by atoms with van der Waals surface area (Å²) in [4.78, 5) is 33.6. The van der Waals surface area contributed by atoms with Crippen molar-refractivity contribution in [1.29, 1.82) is 0 Å². The fraction of sp³-hybridized carbons (Fsp3) is 0.321. The summed E-state index contributed by atoms with van der Waals surface area (Å²) < 4.78 is 7.66. The number of rotatable bonds is 6. The minimum absolute atomic E-state index is 0.00770. The molecule has 2 amide bonds. The Bertz CT molecular complexity index is 1460. The molecule has 4 aromatic rings. The van der Waals surface area contributed by atoms with E-state index in [9.17, 15) is 9.59 Å². The van der Waals surface area contributed by atoms with Gasteiger partial charge in [0.2, 0.25) is 11.9 Å². The maximum absolute atomic E-state index is 13.2. The lowest BCUT2D eigenvalue weighted by Crippen LogP contribution is -2.42. The van der Waals surface area contributed by atoms with Gasteiger partial charge in [0.15, 0.2) is 0 Å². The van der Waals surface area contributed by atoms with Gasteiger partial charge in [-0.3, -0.25) is 14.9 Å². The SMILES string of the molecule is C=CC(=O)N1CCC2(CC(n3c(NC(=O)c4ccc(-c5ccco5)s4)nc4cc(CC)ccc43)C2)C1. The molecule has 0 radical (unpaired) electrons. The monoisotopic (exact) mass is 500 g/mol. The molecule has 1 aliphatic carbocycles. The molecule has 6 rings (SSSR count). The van der Waals surface area contributed by atoms with Gasteiger partial charge in [-0.05, 0) is 79.1 Å². The summed E-state index contributed by atoms with van der Waals surface area (Å²) in [7, 11) is 0. The number of hydrogen-bond acceptors (Lipinski definition) is 5. The van der Waals surface area contributed by atoms with Gasteiger partial charge < -0.3 is 13.9 Å². The van der Waals surface area contributed by atoms with Gasteiger partial charge in [-0.25, -0.2) is 4.98 Å². The second-order valence-electron chi connectivity index (χ2n) is 9.85. The molecule has 0 bridgehead atoms. The zero-order chi connectivity index (χ0) is 24.9. The van der Waals surface area contributed by atoms with Crippen molar-refractivity contribution in [3.63, 3.8) is 0 Å². The Morgan fingerprint density at radius 1 is 1.28 bits per heavy atom. The van der Waals surface area contributed by atoms with Crippen molar-refractivity contribution in [3.8, 4) is 10.6 Å². The number of furan rings is 1. The third-order valence-electron chi connectivity index (χ3n) is 7.61. The molecule has 1 spiro atoms. The van der Waals surface area contributed by atoms with Crippen molar-refractivity contribution in [3.05, 3.63) is 71.8 Å². The number of thiophene rings is 1. The highest BCUT2D eigenvalue weighted by Crippen LogP contribution is 2.55. The maximum atomic E-state index is 13.2. The predicted molar refractivity (Wildman–Crippen MR) is 141 cm³/mol. The average molecular weight is 501 g/mol. The van der Waals surface area contributed by atoms with E-state index in [0.717, 1.165) is 60.4 Å². The van der Waals surface area contributed by atoms with Crippen LogP contribution in [-0.2, 0) is 11.2 Å². The highest BCUT2D eigenvalue weighted by atomic mass is 32.1. The zero-order valence-corrected chi connectivity index (χ0v) is 21.0. The van der Waals surface area contributed by atoms with Crippen molar-refractivity contribution in [2.45, 2.75) is 38.6 Å². The number of nitrogens with one attached hydrogen (secondary N) is 1. The first-order chi connectivity index (χ1) is 17.5. The number of nitrogens with zero attached hydrogens (tertiary/aromatic N) is 3. The van der Waals surface area contributed by atoms with Crippen molar-refractivity contribution in [1.82, 2.24) is 14.5 Å². The van der Waals surface area contributed by atoms with Gasteiger partial charge in [-0.15, -0.1) is 11.3 Å². The lowest BCUT2D eigenvalue weighted by Gasteiger charge is -2.46. The topological polar surface area (TPSA) is 80.4 Å². The average Bonchev–Trinajstić information content (AvgIpc) is 3.66.